The summed E-state index contributed by atoms with van der Waals surface area (Å²) in [4.78, 5) is 0. The van der Waals surface area contributed by atoms with Gasteiger partial charge < -0.3 is 33.2 Å². The highest BCUT2D eigenvalue weighted by Crippen LogP contribution is 2.68. The lowest BCUT2D eigenvalue weighted by molar-refractivity contribution is -0.425. The van der Waals surface area contributed by atoms with Crippen LogP contribution in [-0.4, -0.2) is 47.4 Å². The molecular formula is C31H48O7. The molecule has 2 spiro atoms. The van der Waals surface area contributed by atoms with Crippen molar-refractivity contribution in [2.75, 3.05) is 0 Å². The third-order valence-corrected chi connectivity index (χ3v) is 12.9. The average molecular weight is 533 g/mol. The fourth-order valence-corrected chi connectivity index (χ4v) is 11.2. The Morgan fingerprint density at radius 1 is 0.605 bits per heavy atom. The normalized spacial score (nSPS) is 66.2. The SMILES string of the molecule is C[C@@H]1[C@@H](O[C@H]2O[C@]3(C)OC4(C)CC[C@H]5[C@H](C)CC[C@@H]([C@@H]2C)[C@]53O4)O[C@@H]2OC3(C)CC[C@H]4[C@H](C)CC[C@@H]1[C@@]24O3. The van der Waals surface area contributed by atoms with Crippen LogP contribution in [0.4, 0.5) is 0 Å². The van der Waals surface area contributed by atoms with Crippen LogP contribution in [0.25, 0.3) is 0 Å². The van der Waals surface area contributed by atoms with Crippen LogP contribution in [0.3, 0.4) is 0 Å². The van der Waals surface area contributed by atoms with E-state index in [-0.39, 0.29) is 23.7 Å². The molecule has 7 heteroatoms. The van der Waals surface area contributed by atoms with Gasteiger partial charge in [-0.15, -0.1) is 0 Å². The lowest BCUT2D eigenvalue weighted by atomic mass is 9.55. The van der Waals surface area contributed by atoms with E-state index in [1.54, 1.807) is 0 Å². The van der Waals surface area contributed by atoms with E-state index >= 15 is 0 Å². The summed E-state index contributed by atoms with van der Waals surface area (Å²) >= 11 is 0. The Hall–Kier alpha value is -0.280. The first kappa shape index (κ1) is 25.4. The summed E-state index contributed by atoms with van der Waals surface area (Å²) in [6.07, 6.45) is 7.58. The third-order valence-electron chi connectivity index (χ3n) is 12.9. The van der Waals surface area contributed by atoms with Crippen molar-refractivity contribution in [3.8, 4) is 0 Å². The van der Waals surface area contributed by atoms with Gasteiger partial charge in [0.15, 0.2) is 30.4 Å². The predicted octanol–water partition coefficient (Wildman–Crippen LogP) is 5.95. The average Bonchev–Trinajstić information content (AvgIpc) is 3.17. The molecule has 8 fully saturated rings. The fourth-order valence-electron chi connectivity index (χ4n) is 11.2. The lowest BCUT2D eigenvalue weighted by Crippen LogP contribution is -2.71. The van der Waals surface area contributed by atoms with Crippen molar-refractivity contribution >= 4 is 0 Å². The molecule has 0 aromatic rings. The molecule has 0 N–H and O–H groups in total. The Bertz CT molecular complexity index is 1010. The summed E-state index contributed by atoms with van der Waals surface area (Å²) in [5, 5.41) is 0. The number of hydrogen-bond acceptors (Lipinski definition) is 7. The fraction of sp³-hybridized carbons (Fsp3) is 1.00. The summed E-state index contributed by atoms with van der Waals surface area (Å²) in [6, 6.07) is 0. The van der Waals surface area contributed by atoms with Crippen molar-refractivity contribution in [2.45, 2.75) is 147 Å². The third kappa shape index (κ3) is 2.95. The summed E-state index contributed by atoms with van der Waals surface area (Å²) in [6.45, 7) is 15.7. The standard InChI is InChI=1S/C31H48O7/c1-16-8-10-22-18(3)24(33-26-30(22)20(16)12-14-27(5,35-26)37-30)32-25-19(4)23-11-9-17(2)21-13-15-28(6)36-29(7,34-25)31(21,23)38-28/h16-26H,8-15H2,1-7H3/t16-,17-,18+,19+,20+,21+,22+,23+,24+,25+,26-,27?,28?,29-,30-,31-/m1/s1. The van der Waals surface area contributed by atoms with Crippen LogP contribution in [-0.2, 0) is 33.2 Å². The van der Waals surface area contributed by atoms with Gasteiger partial charge in [-0.3, -0.25) is 0 Å². The Labute approximate surface area is 227 Å². The van der Waals surface area contributed by atoms with Gasteiger partial charge in [0.05, 0.1) is 0 Å². The molecule has 38 heavy (non-hydrogen) atoms. The summed E-state index contributed by atoms with van der Waals surface area (Å²) in [5.74, 6) is 1.18. The predicted molar refractivity (Wildman–Crippen MR) is 137 cm³/mol. The highest BCUT2D eigenvalue weighted by Gasteiger charge is 2.77. The highest BCUT2D eigenvalue weighted by molar-refractivity contribution is 5.18. The lowest BCUT2D eigenvalue weighted by Gasteiger charge is -2.62. The van der Waals surface area contributed by atoms with Crippen LogP contribution in [0.1, 0.15) is 99.8 Å². The molecule has 16 atom stereocenters. The quantitative estimate of drug-likeness (QED) is 0.436. The summed E-state index contributed by atoms with van der Waals surface area (Å²) < 4.78 is 47.8. The van der Waals surface area contributed by atoms with E-state index in [9.17, 15) is 0 Å². The van der Waals surface area contributed by atoms with E-state index in [4.69, 9.17) is 33.2 Å². The Balaban J connectivity index is 1.10. The van der Waals surface area contributed by atoms with Crippen molar-refractivity contribution in [2.24, 2.45) is 47.3 Å². The minimum Gasteiger partial charge on any atom is -0.338 e. The minimum absolute atomic E-state index is 0.172. The van der Waals surface area contributed by atoms with Crippen LogP contribution in [0.5, 0.6) is 0 Å². The van der Waals surface area contributed by atoms with E-state index in [0.29, 0.717) is 35.5 Å². The first-order chi connectivity index (χ1) is 17.9. The van der Waals surface area contributed by atoms with Crippen LogP contribution >= 0.6 is 0 Å². The molecule has 0 radical (unpaired) electrons. The van der Waals surface area contributed by atoms with Crippen LogP contribution in [0.15, 0.2) is 0 Å². The maximum absolute atomic E-state index is 6.95. The van der Waals surface area contributed by atoms with Crippen LogP contribution in [0, 0.1) is 47.3 Å². The largest absolute Gasteiger partial charge is 0.338 e. The molecule has 8 rings (SSSR count). The van der Waals surface area contributed by atoms with Gasteiger partial charge in [-0.25, -0.2) is 0 Å². The van der Waals surface area contributed by atoms with Gasteiger partial charge in [-0.2, -0.15) is 0 Å². The van der Waals surface area contributed by atoms with Gasteiger partial charge in [0.25, 0.3) is 0 Å². The maximum atomic E-state index is 6.95. The second kappa shape index (κ2) is 7.76. The molecule has 8 aliphatic rings. The first-order valence-electron chi connectivity index (χ1n) is 15.7. The Morgan fingerprint density at radius 2 is 1.26 bits per heavy atom. The molecule has 214 valence electrons. The van der Waals surface area contributed by atoms with Gasteiger partial charge >= 0.3 is 0 Å². The van der Waals surface area contributed by atoms with Gasteiger partial charge in [0, 0.05) is 36.5 Å². The molecule has 2 aliphatic carbocycles. The molecule has 6 aliphatic heterocycles. The van der Waals surface area contributed by atoms with E-state index in [1.807, 2.05) is 0 Å². The topological polar surface area (TPSA) is 64.6 Å². The molecule has 0 amide bonds. The van der Waals surface area contributed by atoms with Crippen LogP contribution in [0.2, 0.25) is 0 Å². The molecular weight excluding hydrogens is 484 g/mol. The van der Waals surface area contributed by atoms with Crippen molar-refractivity contribution in [3.63, 3.8) is 0 Å². The van der Waals surface area contributed by atoms with Gasteiger partial charge in [-0.1, -0.05) is 27.7 Å². The number of fused-ring (bicyclic) bond motifs is 2. The van der Waals surface area contributed by atoms with Crippen molar-refractivity contribution in [1.29, 1.82) is 0 Å². The monoisotopic (exact) mass is 532 g/mol. The van der Waals surface area contributed by atoms with E-state index in [1.165, 1.54) is 12.8 Å². The molecule has 2 saturated carbocycles. The van der Waals surface area contributed by atoms with E-state index < -0.39 is 35.5 Å². The van der Waals surface area contributed by atoms with Gasteiger partial charge in [-0.05, 0) is 83.0 Å². The summed E-state index contributed by atoms with van der Waals surface area (Å²) in [7, 11) is 0. The first-order valence-corrected chi connectivity index (χ1v) is 15.7. The molecule has 4 bridgehead atoms. The second-order valence-electron chi connectivity index (χ2n) is 15.1. The number of ether oxygens (including phenoxy) is 7. The number of rotatable bonds is 2. The molecule has 6 heterocycles. The zero-order valence-corrected chi connectivity index (χ0v) is 24.4. The van der Waals surface area contributed by atoms with Crippen LogP contribution < -0.4 is 0 Å². The Morgan fingerprint density at radius 3 is 2.05 bits per heavy atom. The molecule has 7 nitrogen and oxygen atoms in total. The van der Waals surface area contributed by atoms with Crippen molar-refractivity contribution in [1.82, 2.24) is 0 Å². The molecule has 2 unspecified atom stereocenters. The van der Waals surface area contributed by atoms with Crippen molar-refractivity contribution < 1.29 is 33.2 Å². The minimum atomic E-state index is -0.832. The van der Waals surface area contributed by atoms with Gasteiger partial charge in [0.1, 0.15) is 11.2 Å². The van der Waals surface area contributed by atoms with E-state index in [2.05, 4.69) is 48.5 Å². The maximum Gasteiger partial charge on any atom is 0.201 e. The molecule has 0 aromatic heterocycles. The second-order valence-corrected chi connectivity index (χ2v) is 15.1. The zero-order valence-electron chi connectivity index (χ0n) is 24.4. The smallest absolute Gasteiger partial charge is 0.201 e. The van der Waals surface area contributed by atoms with Gasteiger partial charge in [0.2, 0.25) is 5.79 Å². The molecule has 6 saturated heterocycles. The Kier molecular flexibility index (Phi) is 5.19. The zero-order chi connectivity index (χ0) is 26.5. The highest BCUT2D eigenvalue weighted by atomic mass is 16.9. The summed E-state index contributed by atoms with van der Waals surface area (Å²) in [5.41, 5.74) is -0.777. The molecule has 0 aromatic carbocycles. The van der Waals surface area contributed by atoms with Crippen molar-refractivity contribution in [3.05, 3.63) is 0 Å². The van der Waals surface area contributed by atoms with E-state index in [0.717, 1.165) is 38.5 Å². The number of hydrogen-bond donors (Lipinski definition) is 0.